The molecule has 0 saturated carbocycles. The molecule has 1 aromatic heterocycles. The lowest BCUT2D eigenvalue weighted by Gasteiger charge is -2.27. The Hall–Kier alpha value is -0.410. The fourth-order valence-electron chi connectivity index (χ4n) is 1.42. The monoisotopic (exact) mass is 212 g/mol. The van der Waals surface area contributed by atoms with E-state index < -0.39 is 0 Å². The van der Waals surface area contributed by atoms with Crippen molar-refractivity contribution in [3.63, 3.8) is 0 Å². The van der Waals surface area contributed by atoms with Gasteiger partial charge in [0.15, 0.2) is 0 Å². The number of nitrogens with one attached hydrogen (secondary N) is 1. The molecule has 0 bridgehead atoms. The van der Waals surface area contributed by atoms with Crippen LogP contribution in [0.25, 0.3) is 0 Å². The minimum absolute atomic E-state index is 0.00560. The largest absolute Gasteiger partial charge is 0.303 e. The third-order valence-electron chi connectivity index (χ3n) is 2.38. The summed E-state index contributed by atoms with van der Waals surface area (Å²) in [5, 5.41) is 4.76. The first-order valence-corrected chi connectivity index (χ1v) is 5.98. The zero-order valence-electron chi connectivity index (χ0n) is 9.72. The first kappa shape index (κ1) is 11.7. The molecule has 1 N–H and O–H groups in total. The van der Waals surface area contributed by atoms with Crippen molar-refractivity contribution in [2.24, 2.45) is 0 Å². The zero-order chi connectivity index (χ0) is 10.8. The van der Waals surface area contributed by atoms with E-state index in [1.807, 2.05) is 6.20 Å². The van der Waals surface area contributed by atoms with Crippen LogP contribution in [0.5, 0.6) is 0 Å². The first-order chi connectivity index (χ1) is 6.45. The number of aromatic nitrogens is 1. The van der Waals surface area contributed by atoms with Gasteiger partial charge in [0.05, 0.1) is 5.54 Å². The van der Waals surface area contributed by atoms with Gasteiger partial charge in [-0.1, -0.05) is 6.92 Å². The lowest BCUT2D eigenvalue weighted by atomic mass is 10.0. The Bertz CT molecular complexity index is 291. The molecule has 0 aliphatic rings. The summed E-state index contributed by atoms with van der Waals surface area (Å²) in [6, 6.07) is 0.536. The number of thiazole rings is 1. The summed E-state index contributed by atoms with van der Waals surface area (Å²) in [5.41, 5.74) is -0.00560. The van der Waals surface area contributed by atoms with Gasteiger partial charge in [-0.2, -0.15) is 0 Å². The van der Waals surface area contributed by atoms with Crippen LogP contribution in [0.3, 0.4) is 0 Å². The number of rotatable bonds is 4. The van der Waals surface area contributed by atoms with E-state index in [1.165, 1.54) is 9.88 Å². The zero-order valence-corrected chi connectivity index (χ0v) is 10.5. The van der Waals surface area contributed by atoms with Crippen LogP contribution in [-0.2, 0) is 5.54 Å². The molecule has 0 aliphatic heterocycles. The van der Waals surface area contributed by atoms with E-state index in [2.05, 4.69) is 44.9 Å². The van der Waals surface area contributed by atoms with Crippen molar-refractivity contribution in [1.29, 1.82) is 0 Å². The average molecular weight is 212 g/mol. The molecule has 0 amide bonds. The Morgan fingerprint density at radius 2 is 2.21 bits per heavy atom. The van der Waals surface area contributed by atoms with E-state index in [9.17, 15) is 0 Å². The van der Waals surface area contributed by atoms with Gasteiger partial charge in [-0.3, -0.25) is 0 Å². The van der Waals surface area contributed by atoms with Crippen LogP contribution < -0.4 is 5.32 Å². The third kappa shape index (κ3) is 2.79. The van der Waals surface area contributed by atoms with Gasteiger partial charge >= 0.3 is 0 Å². The Morgan fingerprint density at radius 3 is 2.64 bits per heavy atom. The minimum atomic E-state index is -0.00560. The van der Waals surface area contributed by atoms with Crippen molar-refractivity contribution in [3.05, 3.63) is 16.1 Å². The second-order valence-electron chi connectivity index (χ2n) is 4.35. The molecular formula is C11H20N2S. The maximum atomic E-state index is 4.43. The second kappa shape index (κ2) is 4.41. The van der Waals surface area contributed by atoms with E-state index in [1.54, 1.807) is 11.3 Å². The van der Waals surface area contributed by atoms with Crippen molar-refractivity contribution < 1.29 is 0 Å². The molecule has 1 rings (SSSR count). The molecule has 0 spiro atoms. The van der Waals surface area contributed by atoms with Crippen LogP contribution in [0.2, 0.25) is 0 Å². The van der Waals surface area contributed by atoms with Crippen molar-refractivity contribution in [1.82, 2.24) is 10.3 Å². The second-order valence-corrected chi connectivity index (χ2v) is 5.59. The van der Waals surface area contributed by atoms with Gasteiger partial charge in [-0.25, -0.2) is 4.98 Å². The number of hydrogen-bond donors (Lipinski definition) is 1. The van der Waals surface area contributed by atoms with E-state index in [-0.39, 0.29) is 5.54 Å². The molecule has 1 unspecified atom stereocenters. The smallest absolute Gasteiger partial charge is 0.112 e. The number of aryl methyl sites for hydroxylation is 1. The van der Waals surface area contributed by atoms with Gasteiger partial charge in [0, 0.05) is 17.1 Å². The minimum Gasteiger partial charge on any atom is -0.303 e. The van der Waals surface area contributed by atoms with E-state index in [0.29, 0.717) is 6.04 Å². The molecule has 0 radical (unpaired) electrons. The van der Waals surface area contributed by atoms with Crippen LogP contribution in [0, 0.1) is 6.92 Å². The van der Waals surface area contributed by atoms with Crippen LogP contribution in [0.4, 0.5) is 0 Å². The van der Waals surface area contributed by atoms with Gasteiger partial charge in [-0.15, -0.1) is 11.3 Å². The van der Waals surface area contributed by atoms with E-state index in [0.717, 1.165) is 6.42 Å². The lowest BCUT2D eigenvalue weighted by Crippen LogP contribution is -2.42. The summed E-state index contributed by atoms with van der Waals surface area (Å²) >= 11 is 1.77. The van der Waals surface area contributed by atoms with Crippen molar-refractivity contribution in [2.75, 3.05) is 0 Å². The highest BCUT2D eigenvalue weighted by Gasteiger charge is 2.24. The van der Waals surface area contributed by atoms with Crippen molar-refractivity contribution >= 4 is 11.3 Å². The number of hydrogen-bond acceptors (Lipinski definition) is 3. The van der Waals surface area contributed by atoms with Crippen molar-refractivity contribution in [3.8, 4) is 0 Å². The van der Waals surface area contributed by atoms with Crippen LogP contribution in [-0.4, -0.2) is 11.0 Å². The normalized spacial score (nSPS) is 14.4. The lowest BCUT2D eigenvalue weighted by molar-refractivity contribution is 0.346. The molecular weight excluding hydrogens is 192 g/mol. The topological polar surface area (TPSA) is 24.9 Å². The van der Waals surface area contributed by atoms with Gasteiger partial charge in [-0.05, 0) is 34.1 Å². The Kier molecular flexibility index (Phi) is 3.67. The molecule has 0 aromatic carbocycles. The maximum Gasteiger partial charge on any atom is 0.112 e. The van der Waals surface area contributed by atoms with Crippen LogP contribution in [0.15, 0.2) is 6.20 Å². The predicted octanol–water partition coefficient (Wildman–Crippen LogP) is 3.07. The molecule has 3 heteroatoms. The molecule has 0 fully saturated rings. The summed E-state index contributed by atoms with van der Waals surface area (Å²) in [6.07, 6.45) is 3.09. The van der Waals surface area contributed by atoms with E-state index in [4.69, 9.17) is 0 Å². The van der Waals surface area contributed by atoms with Gasteiger partial charge in [0.1, 0.15) is 5.01 Å². The highest BCUT2D eigenvalue weighted by Crippen LogP contribution is 2.25. The van der Waals surface area contributed by atoms with Crippen LogP contribution in [0.1, 0.15) is 44.0 Å². The number of nitrogens with zero attached hydrogens (tertiary/aromatic N) is 1. The quantitative estimate of drug-likeness (QED) is 0.829. The molecule has 1 atom stereocenters. The maximum absolute atomic E-state index is 4.43. The summed E-state index contributed by atoms with van der Waals surface area (Å²) < 4.78 is 0. The van der Waals surface area contributed by atoms with Crippen LogP contribution >= 0.6 is 11.3 Å². The summed E-state index contributed by atoms with van der Waals surface area (Å²) in [4.78, 5) is 5.71. The van der Waals surface area contributed by atoms with Gasteiger partial charge < -0.3 is 5.32 Å². The van der Waals surface area contributed by atoms with Gasteiger partial charge in [0.25, 0.3) is 0 Å². The van der Waals surface area contributed by atoms with Gasteiger partial charge in [0.2, 0.25) is 0 Å². The molecule has 1 aromatic rings. The highest BCUT2D eigenvalue weighted by molar-refractivity contribution is 7.11. The Labute approximate surface area is 90.8 Å². The molecule has 0 aliphatic carbocycles. The van der Waals surface area contributed by atoms with Crippen molar-refractivity contribution in [2.45, 2.75) is 52.6 Å². The molecule has 2 nitrogen and oxygen atoms in total. The van der Waals surface area contributed by atoms with E-state index >= 15 is 0 Å². The SMILES string of the molecule is CCC(C)NC(C)(C)c1ncc(C)s1. The summed E-state index contributed by atoms with van der Waals surface area (Å²) in [7, 11) is 0. The molecule has 14 heavy (non-hydrogen) atoms. The fraction of sp³-hybridized carbons (Fsp3) is 0.727. The first-order valence-electron chi connectivity index (χ1n) is 5.16. The third-order valence-corrected chi connectivity index (χ3v) is 3.61. The highest BCUT2D eigenvalue weighted by atomic mass is 32.1. The average Bonchev–Trinajstić information content (AvgIpc) is 2.51. The molecule has 0 saturated heterocycles. The summed E-state index contributed by atoms with van der Waals surface area (Å²) in [6.45, 7) is 10.9. The fourth-order valence-corrected chi connectivity index (χ4v) is 2.25. The molecule has 80 valence electrons. The summed E-state index contributed by atoms with van der Waals surface area (Å²) in [5.74, 6) is 0. The molecule has 1 heterocycles. The predicted molar refractivity (Wildman–Crippen MR) is 62.8 cm³/mol. The Balaban J connectivity index is 2.74. The standard InChI is InChI=1S/C11H20N2S/c1-6-8(2)13-11(4,5)10-12-7-9(3)14-10/h7-8,13H,6H2,1-5H3. The Morgan fingerprint density at radius 1 is 1.57 bits per heavy atom.